The van der Waals surface area contributed by atoms with E-state index in [-0.39, 0.29) is 30.7 Å². The SMILES string of the molecule is C=C(F)C(=CF)Cn1cc(C(=O)OCC)nn1. The lowest BCUT2D eigenvalue weighted by Gasteiger charge is -2.00. The summed E-state index contributed by atoms with van der Waals surface area (Å²) < 4.78 is 30.7. The molecule has 0 fully saturated rings. The Kier molecular flexibility index (Phi) is 4.50. The van der Waals surface area contributed by atoms with Crippen LogP contribution in [0, 0.1) is 0 Å². The number of ether oxygens (including phenoxy) is 1. The summed E-state index contributed by atoms with van der Waals surface area (Å²) in [6, 6.07) is 0. The number of hydrogen-bond acceptors (Lipinski definition) is 4. The molecule has 17 heavy (non-hydrogen) atoms. The zero-order valence-corrected chi connectivity index (χ0v) is 9.19. The third-order valence-electron chi connectivity index (χ3n) is 1.84. The van der Waals surface area contributed by atoms with Crippen molar-refractivity contribution in [2.75, 3.05) is 6.61 Å². The molecule has 0 atom stereocenters. The highest BCUT2D eigenvalue weighted by atomic mass is 19.1. The van der Waals surface area contributed by atoms with Crippen LogP contribution >= 0.6 is 0 Å². The Bertz CT molecular complexity index is 454. The van der Waals surface area contributed by atoms with Crippen LogP contribution < -0.4 is 0 Å². The second kappa shape index (κ2) is 5.88. The number of nitrogens with zero attached hydrogens (tertiary/aromatic N) is 3. The number of halogens is 2. The topological polar surface area (TPSA) is 57.0 Å². The van der Waals surface area contributed by atoms with Crippen molar-refractivity contribution in [3.05, 3.63) is 36.2 Å². The zero-order chi connectivity index (χ0) is 12.8. The highest BCUT2D eigenvalue weighted by Crippen LogP contribution is 2.11. The van der Waals surface area contributed by atoms with Crippen LogP contribution in [-0.2, 0) is 11.3 Å². The van der Waals surface area contributed by atoms with E-state index >= 15 is 0 Å². The summed E-state index contributed by atoms with van der Waals surface area (Å²) in [6.45, 7) is 4.63. The molecule has 0 saturated heterocycles. The second-order valence-electron chi connectivity index (χ2n) is 3.06. The van der Waals surface area contributed by atoms with Gasteiger partial charge in [-0.3, -0.25) is 0 Å². The summed E-state index contributed by atoms with van der Waals surface area (Å²) in [5, 5.41) is 7.06. The van der Waals surface area contributed by atoms with Gasteiger partial charge in [-0.25, -0.2) is 18.3 Å². The van der Waals surface area contributed by atoms with E-state index in [2.05, 4.69) is 21.6 Å². The minimum absolute atomic E-state index is 0.0190. The van der Waals surface area contributed by atoms with Gasteiger partial charge in [0.2, 0.25) is 0 Å². The monoisotopic (exact) mass is 243 g/mol. The number of carbonyl (C=O) groups is 1. The Labute approximate surface area is 96.4 Å². The molecular weight excluding hydrogens is 232 g/mol. The van der Waals surface area contributed by atoms with Crippen molar-refractivity contribution in [1.29, 1.82) is 0 Å². The maximum Gasteiger partial charge on any atom is 0.360 e. The molecule has 0 unspecified atom stereocenters. The van der Waals surface area contributed by atoms with Crippen molar-refractivity contribution in [1.82, 2.24) is 15.0 Å². The molecule has 0 saturated carbocycles. The second-order valence-corrected chi connectivity index (χ2v) is 3.06. The van der Waals surface area contributed by atoms with E-state index in [1.54, 1.807) is 6.92 Å². The van der Waals surface area contributed by atoms with Crippen molar-refractivity contribution < 1.29 is 18.3 Å². The molecule has 0 spiro atoms. The molecule has 1 heterocycles. The van der Waals surface area contributed by atoms with Crippen molar-refractivity contribution in [3.8, 4) is 0 Å². The number of allylic oxidation sites excluding steroid dienone is 2. The number of rotatable bonds is 5. The first kappa shape index (κ1) is 13.0. The summed E-state index contributed by atoms with van der Waals surface area (Å²) >= 11 is 0. The Morgan fingerprint density at radius 2 is 2.41 bits per heavy atom. The van der Waals surface area contributed by atoms with Gasteiger partial charge in [-0.15, -0.1) is 5.10 Å². The van der Waals surface area contributed by atoms with Gasteiger partial charge in [0.15, 0.2) is 5.69 Å². The summed E-state index contributed by atoms with van der Waals surface area (Å²) in [5.74, 6) is -1.54. The number of hydrogen-bond donors (Lipinski definition) is 0. The van der Waals surface area contributed by atoms with Gasteiger partial charge in [-0.1, -0.05) is 11.8 Å². The molecule has 0 aromatic carbocycles. The Hall–Kier alpha value is -2.05. The Morgan fingerprint density at radius 3 is 2.94 bits per heavy atom. The van der Waals surface area contributed by atoms with Crippen molar-refractivity contribution in [2.24, 2.45) is 0 Å². The predicted molar refractivity (Wildman–Crippen MR) is 55.4 cm³/mol. The van der Waals surface area contributed by atoms with Gasteiger partial charge in [0, 0.05) is 5.57 Å². The molecule has 0 radical (unpaired) electrons. The van der Waals surface area contributed by atoms with E-state index in [4.69, 9.17) is 0 Å². The van der Waals surface area contributed by atoms with Crippen LogP contribution in [0.15, 0.2) is 30.5 Å². The highest BCUT2D eigenvalue weighted by Gasteiger charge is 2.12. The first-order valence-electron chi connectivity index (χ1n) is 4.79. The van der Waals surface area contributed by atoms with Gasteiger partial charge in [0.05, 0.1) is 25.7 Å². The quantitative estimate of drug-likeness (QED) is 0.584. The largest absolute Gasteiger partial charge is 0.461 e. The molecule has 7 heteroatoms. The summed E-state index contributed by atoms with van der Waals surface area (Å²) in [7, 11) is 0. The van der Waals surface area contributed by atoms with E-state index in [0.29, 0.717) is 0 Å². The van der Waals surface area contributed by atoms with Crippen LogP contribution in [0.2, 0.25) is 0 Å². The first-order chi connectivity index (χ1) is 8.08. The molecule has 5 nitrogen and oxygen atoms in total. The van der Waals surface area contributed by atoms with Crippen LogP contribution in [0.25, 0.3) is 0 Å². The van der Waals surface area contributed by atoms with Crippen molar-refractivity contribution >= 4 is 5.97 Å². The van der Waals surface area contributed by atoms with E-state index in [9.17, 15) is 13.6 Å². The maximum absolute atomic E-state index is 12.7. The van der Waals surface area contributed by atoms with Crippen molar-refractivity contribution in [3.63, 3.8) is 0 Å². The molecule has 0 N–H and O–H groups in total. The average molecular weight is 243 g/mol. The van der Waals surface area contributed by atoms with E-state index in [1.165, 1.54) is 6.20 Å². The molecule has 1 aromatic rings. The highest BCUT2D eigenvalue weighted by molar-refractivity contribution is 5.86. The molecule has 1 aromatic heterocycles. The normalized spacial score (nSPS) is 11.4. The first-order valence-corrected chi connectivity index (χ1v) is 4.79. The van der Waals surface area contributed by atoms with Gasteiger partial charge in [-0.2, -0.15) is 0 Å². The van der Waals surface area contributed by atoms with Gasteiger partial charge in [-0.05, 0) is 6.92 Å². The fraction of sp³-hybridized carbons (Fsp3) is 0.300. The number of carbonyl (C=O) groups excluding carboxylic acids is 1. The lowest BCUT2D eigenvalue weighted by atomic mass is 10.3. The molecule has 0 aliphatic carbocycles. The van der Waals surface area contributed by atoms with Crippen LogP contribution in [-0.4, -0.2) is 27.6 Å². The third kappa shape index (κ3) is 3.47. The van der Waals surface area contributed by atoms with Crippen LogP contribution in [0.1, 0.15) is 17.4 Å². The average Bonchev–Trinajstić information content (AvgIpc) is 2.74. The summed E-state index contributed by atoms with van der Waals surface area (Å²) in [6.07, 6.45) is 1.33. The molecule has 1 rings (SSSR count). The fourth-order valence-corrected chi connectivity index (χ4v) is 1.03. The standard InChI is InChI=1S/C10H11F2N3O2/c1-3-17-10(16)9-6-15(14-13-9)5-8(4-11)7(2)12/h4,6H,2-3,5H2,1H3. The van der Waals surface area contributed by atoms with E-state index < -0.39 is 11.8 Å². The van der Waals surface area contributed by atoms with Gasteiger partial charge < -0.3 is 4.74 Å². The smallest absolute Gasteiger partial charge is 0.360 e. The maximum atomic E-state index is 12.7. The van der Waals surface area contributed by atoms with Crippen molar-refractivity contribution in [2.45, 2.75) is 13.5 Å². The molecule has 0 amide bonds. The fourth-order valence-electron chi connectivity index (χ4n) is 1.03. The summed E-state index contributed by atoms with van der Waals surface area (Å²) in [4.78, 5) is 11.2. The Balaban J connectivity index is 2.75. The molecule has 0 aliphatic heterocycles. The van der Waals surface area contributed by atoms with Crippen LogP contribution in [0.4, 0.5) is 8.78 Å². The lowest BCUT2D eigenvalue weighted by molar-refractivity contribution is 0.0519. The van der Waals surface area contributed by atoms with Gasteiger partial charge in [0.25, 0.3) is 0 Å². The van der Waals surface area contributed by atoms with Crippen LogP contribution in [0.3, 0.4) is 0 Å². The number of esters is 1. The number of aromatic nitrogens is 3. The van der Waals surface area contributed by atoms with E-state index in [0.717, 1.165) is 4.68 Å². The predicted octanol–water partition coefficient (Wildman–Crippen LogP) is 1.79. The van der Waals surface area contributed by atoms with Gasteiger partial charge >= 0.3 is 5.97 Å². The minimum Gasteiger partial charge on any atom is -0.461 e. The molecule has 0 aliphatic rings. The molecule has 92 valence electrons. The zero-order valence-electron chi connectivity index (χ0n) is 9.19. The summed E-state index contributed by atoms with van der Waals surface area (Å²) in [5.41, 5.74) is -0.292. The molecule has 0 bridgehead atoms. The minimum atomic E-state index is -0.902. The molecular formula is C10H11F2N3O2. The van der Waals surface area contributed by atoms with Crippen LogP contribution in [0.5, 0.6) is 0 Å². The third-order valence-corrected chi connectivity index (χ3v) is 1.84. The van der Waals surface area contributed by atoms with E-state index in [1.807, 2.05) is 0 Å². The van der Waals surface area contributed by atoms with Gasteiger partial charge in [0.1, 0.15) is 5.83 Å². The Morgan fingerprint density at radius 1 is 1.71 bits per heavy atom. The lowest BCUT2D eigenvalue weighted by Crippen LogP contribution is -2.05.